The average molecular weight is 304 g/mol. The predicted octanol–water partition coefficient (Wildman–Crippen LogP) is 4.07. The Morgan fingerprint density at radius 1 is 1.43 bits per heavy atom. The first-order chi connectivity index (χ1) is 10.3. The third-order valence-corrected chi connectivity index (χ3v) is 4.63. The number of nitriles is 1. The first-order valence-corrected chi connectivity index (χ1v) is 8.81. The Morgan fingerprint density at radius 2 is 2.29 bits per heavy atom. The molecular formula is C17H24N2OS. The molecule has 0 aliphatic carbocycles. The number of piperidine rings is 1. The molecule has 0 saturated carbocycles. The summed E-state index contributed by atoms with van der Waals surface area (Å²) in [7, 11) is 0. The zero-order valence-corrected chi connectivity index (χ0v) is 13.8. The maximum absolute atomic E-state index is 9.54. The van der Waals surface area contributed by atoms with Gasteiger partial charge in [-0.1, -0.05) is 19.9 Å². The second-order valence-corrected chi connectivity index (χ2v) is 6.58. The van der Waals surface area contributed by atoms with Gasteiger partial charge in [0.05, 0.1) is 17.4 Å². The van der Waals surface area contributed by atoms with Crippen molar-refractivity contribution >= 4 is 17.4 Å². The summed E-state index contributed by atoms with van der Waals surface area (Å²) in [4.78, 5) is 3.41. The van der Waals surface area contributed by atoms with E-state index < -0.39 is 0 Å². The van der Waals surface area contributed by atoms with E-state index in [1.807, 2.05) is 6.07 Å². The molecule has 1 unspecified atom stereocenters. The Balaban J connectivity index is 2.17. The zero-order valence-electron chi connectivity index (χ0n) is 13.0. The summed E-state index contributed by atoms with van der Waals surface area (Å²) in [6.07, 6.45) is 3.61. The Bertz CT molecular complexity index is 498. The van der Waals surface area contributed by atoms with Gasteiger partial charge in [-0.15, -0.1) is 11.8 Å². The van der Waals surface area contributed by atoms with E-state index in [1.165, 1.54) is 0 Å². The first kappa shape index (κ1) is 16.2. The van der Waals surface area contributed by atoms with E-state index in [0.717, 1.165) is 60.9 Å². The molecule has 21 heavy (non-hydrogen) atoms. The fourth-order valence-corrected chi connectivity index (χ4v) is 3.53. The smallest absolute Gasteiger partial charge is 0.103 e. The highest BCUT2D eigenvalue weighted by molar-refractivity contribution is 7.99. The summed E-state index contributed by atoms with van der Waals surface area (Å²) in [5, 5.41) is 9.54. The number of nitrogens with zero attached hydrogens (tertiary/aromatic N) is 2. The van der Waals surface area contributed by atoms with Crippen LogP contribution < -0.4 is 4.90 Å². The Labute approximate surface area is 132 Å². The molecule has 1 fully saturated rings. The number of benzene rings is 1. The zero-order chi connectivity index (χ0) is 15.1. The van der Waals surface area contributed by atoms with E-state index in [0.29, 0.717) is 6.10 Å². The van der Waals surface area contributed by atoms with Gasteiger partial charge < -0.3 is 9.64 Å². The predicted molar refractivity (Wildman–Crippen MR) is 89.0 cm³/mol. The van der Waals surface area contributed by atoms with Gasteiger partial charge in [0.25, 0.3) is 0 Å². The van der Waals surface area contributed by atoms with Crippen molar-refractivity contribution in [1.82, 2.24) is 0 Å². The minimum atomic E-state index is 0.299. The van der Waals surface area contributed by atoms with Crippen LogP contribution >= 0.6 is 11.8 Å². The van der Waals surface area contributed by atoms with Gasteiger partial charge in [0.1, 0.15) is 6.07 Å². The summed E-state index contributed by atoms with van der Waals surface area (Å²) in [5.74, 6) is 0.986. The van der Waals surface area contributed by atoms with Gasteiger partial charge in [-0.25, -0.2) is 0 Å². The van der Waals surface area contributed by atoms with Gasteiger partial charge in [0.15, 0.2) is 0 Å². The van der Waals surface area contributed by atoms with E-state index in [2.05, 4.69) is 36.9 Å². The van der Waals surface area contributed by atoms with Crippen LogP contribution in [0.3, 0.4) is 0 Å². The Kier molecular flexibility index (Phi) is 6.41. The summed E-state index contributed by atoms with van der Waals surface area (Å²) in [6, 6.07) is 8.58. The second kappa shape index (κ2) is 8.31. The number of hydrogen-bond acceptors (Lipinski definition) is 4. The van der Waals surface area contributed by atoms with Crippen molar-refractivity contribution in [1.29, 1.82) is 5.26 Å². The van der Waals surface area contributed by atoms with Crippen LogP contribution in [0.4, 0.5) is 5.69 Å². The van der Waals surface area contributed by atoms with Crippen molar-refractivity contribution in [3.05, 3.63) is 23.8 Å². The molecule has 1 aromatic carbocycles. The quantitative estimate of drug-likeness (QED) is 0.742. The molecule has 1 saturated heterocycles. The molecular weight excluding hydrogens is 280 g/mol. The molecule has 0 N–H and O–H groups in total. The molecule has 0 radical (unpaired) electrons. The van der Waals surface area contributed by atoms with Gasteiger partial charge in [-0.3, -0.25) is 0 Å². The molecule has 0 spiro atoms. The Hall–Kier alpha value is -1.18. The van der Waals surface area contributed by atoms with Gasteiger partial charge in [0, 0.05) is 24.6 Å². The molecule has 0 amide bonds. The maximum Gasteiger partial charge on any atom is 0.103 e. The minimum Gasteiger partial charge on any atom is -0.376 e. The van der Waals surface area contributed by atoms with Crippen molar-refractivity contribution in [3.63, 3.8) is 0 Å². The van der Waals surface area contributed by atoms with Gasteiger partial charge in [-0.05, 0) is 37.1 Å². The SMILES string of the molecule is CCCOC1CCCN(c2cccc(SCC)c2C#N)C1. The number of hydrogen-bond donors (Lipinski definition) is 0. The van der Waals surface area contributed by atoms with E-state index in [9.17, 15) is 5.26 Å². The van der Waals surface area contributed by atoms with Gasteiger partial charge >= 0.3 is 0 Å². The number of ether oxygens (including phenoxy) is 1. The van der Waals surface area contributed by atoms with Crippen LogP contribution in [0.2, 0.25) is 0 Å². The highest BCUT2D eigenvalue weighted by Gasteiger charge is 2.23. The topological polar surface area (TPSA) is 36.3 Å². The van der Waals surface area contributed by atoms with Crippen LogP contribution in [0.15, 0.2) is 23.1 Å². The van der Waals surface area contributed by atoms with Crippen LogP contribution in [0.5, 0.6) is 0 Å². The standard InChI is InChI=1S/C17H24N2OS/c1-3-11-20-14-7-6-10-19(13-14)16-8-5-9-17(21-4-2)15(16)12-18/h5,8-9,14H,3-4,6-7,10-11,13H2,1-2H3. The summed E-state index contributed by atoms with van der Waals surface area (Å²) < 4.78 is 5.91. The highest BCUT2D eigenvalue weighted by Crippen LogP contribution is 2.32. The van der Waals surface area contributed by atoms with Crippen molar-refractivity contribution in [3.8, 4) is 6.07 Å². The van der Waals surface area contributed by atoms with Crippen LogP contribution in [0, 0.1) is 11.3 Å². The number of rotatable bonds is 6. The molecule has 4 heteroatoms. The highest BCUT2D eigenvalue weighted by atomic mass is 32.2. The van der Waals surface area contributed by atoms with Gasteiger partial charge in [0.2, 0.25) is 0 Å². The largest absolute Gasteiger partial charge is 0.376 e. The molecule has 0 aromatic heterocycles. The molecule has 114 valence electrons. The van der Waals surface area contributed by atoms with Crippen molar-refractivity contribution in [2.24, 2.45) is 0 Å². The first-order valence-electron chi connectivity index (χ1n) is 7.82. The lowest BCUT2D eigenvalue weighted by molar-refractivity contribution is 0.0440. The lowest BCUT2D eigenvalue weighted by Gasteiger charge is -2.35. The van der Waals surface area contributed by atoms with E-state index >= 15 is 0 Å². The monoisotopic (exact) mass is 304 g/mol. The van der Waals surface area contributed by atoms with E-state index in [1.54, 1.807) is 11.8 Å². The van der Waals surface area contributed by atoms with Crippen LogP contribution in [0.1, 0.15) is 38.7 Å². The average Bonchev–Trinajstić information content (AvgIpc) is 2.53. The molecule has 1 heterocycles. The summed E-state index contributed by atoms with van der Waals surface area (Å²) in [5.41, 5.74) is 1.89. The summed E-state index contributed by atoms with van der Waals surface area (Å²) in [6.45, 7) is 7.00. The fraction of sp³-hybridized carbons (Fsp3) is 0.588. The number of thioether (sulfide) groups is 1. The molecule has 3 nitrogen and oxygen atoms in total. The van der Waals surface area contributed by atoms with Crippen LogP contribution in [-0.4, -0.2) is 31.6 Å². The van der Waals surface area contributed by atoms with Crippen molar-refractivity contribution in [2.45, 2.75) is 44.1 Å². The molecule has 0 bridgehead atoms. The molecule has 1 aliphatic heterocycles. The third-order valence-electron chi connectivity index (χ3n) is 3.69. The molecule has 2 rings (SSSR count). The third kappa shape index (κ3) is 4.15. The van der Waals surface area contributed by atoms with Crippen LogP contribution in [0.25, 0.3) is 0 Å². The minimum absolute atomic E-state index is 0.299. The van der Waals surface area contributed by atoms with Gasteiger partial charge in [-0.2, -0.15) is 5.26 Å². The fourth-order valence-electron chi connectivity index (χ4n) is 2.75. The van der Waals surface area contributed by atoms with Crippen LogP contribution in [-0.2, 0) is 4.74 Å². The van der Waals surface area contributed by atoms with E-state index in [-0.39, 0.29) is 0 Å². The number of anilines is 1. The Morgan fingerprint density at radius 3 is 3.00 bits per heavy atom. The summed E-state index contributed by atoms with van der Waals surface area (Å²) >= 11 is 1.74. The molecule has 1 aliphatic rings. The lowest BCUT2D eigenvalue weighted by atomic mass is 10.1. The second-order valence-electron chi connectivity index (χ2n) is 5.28. The lowest BCUT2D eigenvalue weighted by Crippen LogP contribution is -2.40. The van der Waals surface area contributed by atoms with E-state index in [4.69, 9.17) is 4.74 Å². The molecule has 1 atom stereocenters. The van der Waals surface area contributed by atoms with Crippen molar-refractivity contribution < 1.29 is 4.74 Å². The maximum atomic E-state index is 9.54. The molecule has 1 aromatic rings. The van der Waals surface area contributed by atoms with Crippen molar-refractivity contribution in [2.75, 3.05) is 30.3 Å². The normalized spacial score (nSPS) is 18.5.